The topological polar surface area (TPSA) is 24.4 Å². The van der Waals surface area contributed by atoms with Crippen LogP contribution in [-0.4, -0.2) is 18.4 Å². The molecule has 1 aromatic rings. The van der Waals surface area contributed by atoms with Gasteiger partial charge in [-0.2, -0.15) is 13.2 Å². The number of hydrogen-bond donors (Lipinski definition) is 1. The highest BCUT2D eigenvalue weighted by Gasteiger charge is 2.32. The number of benzene rings is 1. The molecule has 0 aromatic heterocycles. The molecule has 1 N–H and O–H groups in total. The second kappa shape index (κ2) is 7.44. The molecule has 0 amide bonds. The van der Waals surface area contributed by atoms with Crippen LogP contribution >= 0.6 is 0 Å². The predicted molar refractivity (Wildman–Crippen MR) is 86.5 cm³/mol. The van der Waals surface area contributed by atoms with Crippen molar-refractivity contribution < 1.29 is 17.6 Å². The molecule has 0 bridgehead atoms. The van der Waals surface area contributed by atoms with Gasteiger partial charge in [-0.1, -0.05) is 33.1 Å². The zero-order valence-electron chi connectivity index (χ0n) is 13.4. The van der Waals surface area contributed by atoms with Crippen LogP contribution in [-0.2, 0) is 0 Å². The molecule has 0 aliphatic rings. The summed E-state index contributed by atoms with van der Waals surface area (Å²) >= 11 is 0. The summed E-state index contributed by atoms with van der Waals surface area (Å²) in [4.78, 5) is 3.39. The summed E-state index contributed by atoms with van der Waals surface area (Å²) in [6.45, 7) is 12.7. The molecule has 0 fully saturated rings. The molecule has 126 valence electrons. The van der Waals surface area contributed by atoms with Crippen molar-refractivity contribution in [1.29, 1.82) is 0 Å². The fraction of sp³-hybridized carbons (Fsp3) is 0.353. The summed E-state index contributed by atoms with van der Waals surface area (Å²) < 4.78 is 51.5. The van der Waals surface area contributed by atoms with Gasteiger partial charge in [0.05, 0.1) is 5.70 Å². The maximum absolute atomic E-state index is 14.1. The molecule has 0 spiro atoms. The third-order valence-electron chi connectivity index (χ3n) is 3.06. The van der Waals surface area contributed by atoms with Gasteiger partial charge in [-0.05, 0) is 25.0 Å². The second-order valence-corrected chi connectivity index (χ2v) is 5.59. The monoisotopic (exact) mass is 328 g/mol. The summed E-state index contributed by atoms with van der Waals surface area (Å²) in [7, 11) is 0. The molecule has 0 atom stereocenters. The maximum atomic E-state index is 14.1. The Morgan fingerprint density at radius 1 is 1.26 bits per heavy atom. The lowest BCUT2D eigenvalue weighted by Crippen LogP contribution is -2.19. The summed E-state index contributed by atoms with van der Waals surface area (Å²) in [5.74, 6) is -0.224. The number of rotatable bonds is 6. The average molecular weight is 328 g/mol. The Bertz CT molecular complexity index is 628. The van der Waals surface area contributed by atoms with Crippen LogP contribution in [0.3, 0.4) is 0 Å². The van der Waals surface area contributed by atoms with Gasteiger partial charge in [0.15, 0.2) is 0 Å². The van der Waals surface area contributed by atoms with Gasteiger partial charge in [0.1, 0.15) is 11.5 Å². The second-order valence-electron chi connectivity index (χ2n) is 5.59. The van der Waals surface area contributed by atoms with Gasteiger partial charge in [0.25, 0.3) is 0 Å². The van der Waals surface area contributed by atoms with E-state index in [4.69, 9.17) is 0 Å². The van der Waals surface area contributed by atoms with Crippen LogP contribution in [0.4, 0.5) is 17.6 Å². The molecule has 1 aromatic carbocycles. The standard InChI is InChI=1S/C17H20F4N2/c1-10(2)9-22-12(4)15-7-6-14(8-16(15)18)11(3)23-13(5)17(19,20)21/h6-8,10,22H,3-4,9H2,1-2,5H3. The molecule has 0 radical (unpaired) electrons. The average Bonchev–Trinajstić information content (AvgIpc) is 2.43. The van der Waals surface area contributed by atoms with E-state index in [1.54, 1.807) is 0 Å². The van der Waals surface area contributed by atoms with E-state index in [-0.39, 0.29) is 16.8 Å². The van der Waals surface area contributed by atoms with Crippen molar-refractivity contribution in [2.75, 3.05) is 6.54 Å². The number of halogens is 4. The van der Waals surface area contributed by atoms with E-state index in [2.05, 4.69) is 23.5 Å². The third-order valence-corrected chi connectivity index (χ3v) is 3.06. The van der Waals surface area contributed by atoms with Crippen LogP contribution in [0.5, 0.6) is 0 Å². The van der Waals surface area contributed by atoms with Crippen LogP contribution in [0.2, 0.25) is 0 Å². The van der Waals surface area contributed by atoms with Crippen LogP contribution in [0, 0.1) is 11.7 Å². The Balaban J connectivity index is 2.96. The predicted octanol–water partition coefficient (Wildman–Crippen LogP) is 5.04. The smallest absolute Gasteiger partial charge is 0.385 e. The van der Waals surface area contributed by atoms with E-state index in [0.717, 1.165) is 13.0 Å². The Hall–Kier alpha value is -2.11. The highest BCUT2D eigenvalue weighted by Crippen LogP contribution is 2.24. The minimum absolute atomic E-state index is 0.147. The molecule has 0 unspecified atom stereocenters. The summed E-state index contributed by atoms with van der Waals surface area (Å²) in [6.07, 6.45) is -4.53. The number of nitrogens with zero attached hydrogens (tertiary/aromatic N) is 1. The number of alkyl halides is 3. The first kappa shape index (κ1) is 18.9. The minimum Gasteiger partial charge on any atom is -0.385 e. The maximum Gasteiger partial charge on any atom is 0.429 e. The first-order chi connectivity index (χ1) is 10.5. The largest absolute Gasteiger partial charge is 0.429 e. The SMILES string of the molecule is C=C(N=C(C)C(F)(F)F)c1ccc(C(=C)NCC(C)C)c(F)c1. The van der Waals surface area contributed by atoms with Gasteiger partial charge in [-0.15, -0.1) is 0 Å². The number of hydrogen-bond acceptors (Lipinski definition) is 2. The highest BCUT2D eigenvalue weighted by molar-refractivity contribution is 5.91. The first-order valence-corrected chi connectivity index (χ1v) is 7.06. The van der Waals surface area contributed by atoms with E-state index in [1.165, 1.54) is 12.1 Å². The molecule has 1 rings (SSSR count). The van der Waals surface area contributed by atoms with E-state index >= 15 is 0 Å². The van der Waals surface area contributed by atoms with Crippen molar-refractivity contribution in [1.82, 2.24) is 5.32 Å². The Labute approximate surface area is 133 Å². The molecular formula is C17H20F4N2. The van der Waals surface area contributed by atoms with Gasteiger partial charge in [-0.3, -0.25) is 0 Å². The lowest BCUT2D eigenvalue weighted by Gasteiger charge is -2.13. The fourth-order valence-electron chi connectivity index (χ4n) is 1.69. The summed E-state index contributed by atoms with van der Waals surface area (Å²) in [6, 6.07) is 4.02. The molecule has 0 saturated carbocycles. The van der Waals surface area contributed by atoms with Crippen LogP contribution < -0.4 is 5.32 Å². The van der Waals surface area contributed by atoms with Crippen molar-refractivity contribution >= 4 is 17.1 Å². The molecule has 23 heavy (non-hydrogen) atoms. The lowest BCUT2D eigenvalue weighted by molar-refractivity contribution is -0.0591. The molecule has 2 nitrogen and oxygen atoms in total. The van der Waals surface area contributed by atoms with E-state index in [9.17, 15) is 17.6 Å². The van der Waals surface area contributed by atoms with Crippen LogP contribution in [0.25, 0.3) is 11.4 Å². The minimum atomic E-state index is -4.53. The Kier molecular flexibility index (Phi) is 6.12. The normalized spacial score (nSPS) is 12.4. The molecule has 0 aliphatic heterocycles. The van der Waals surface area contributed by atoms with Crippen molar-refractivity contribution in [2.45, 2.75) is 26.9 Å². The Morgan fingerprint density at radius 2 is 1.87 bits per heavy atom. The lowest BCUT2D eigenvalue weighted by atomic mass is 10.1. The molecule has 6 heteroatoms. The van der Waals surface area contributed by atoms with Crippen LogP contribution in [0.1, 0.15) is 31.9 Å². The van der Waals surface area contributed by atoms with Crippen molar-refractivity contribution in [3.63, 3.8) is 0 Å². The molecule has 0 heterocycles. The van der Waals surface area contributed by atoms with E-state index < -0.39 is 17.7 Å². The summed E-state index contributed by atoms with van der Waals surface area (Å²) in [5.41, 5.74) is -0.311. The van der Waals surface area contributed by atoms with Crippen molar-refractivity contribution in [2.24, 2.45) is 10.9 Å². The van der Waals surface area contributed by atoms with Gasteiger partial charge >= 0.3 is 6.18 Å². The van der Waals surface area contributed by atoms with Gasteiger partial charge < -0.3 is 5.32 Å². The number of nitrogens with one attached hydrogen (secondary N) is 1. The zero-order chi connectivity index (χ0) is 17.8. The first-order valence-electron chi connectivity index (χ1n) is 7.06. The number of aliphatic imine (C=N–C) groups is 1. The van der Waals surface area contributed by atoms with Crippen LogP contribution in [0.15, 0.2) is 36.3 Å². The Morgan fingerprint density at radius 3 is 2.35 bits per heavy atom. The van der Waals surface area contributed by atoms with Gasteiger partial charge in [-0.25, -0.2) is 9.38 Å². The van der Waals surface area contributed by atoms with Gasteiger partial charge in [0.2, 0.25) is 0 Å². The summed E-state index contributed by atoms with van der Waals surface area (Å²) in [5, 5.41) is 3.01. The van der Waals surface area contributed by atoms with Crippen molar-refractivity contribution in [3.8, 4) is 0 Å². The van der Waals surface area contributed by atoms with Gasteiger partial charge in [0, 0.05) is 23.4 Å². The highest BCUT2D eigenvalue weighted by atomic mass is 19.4. The van der Waals surface area contributed by atoms with E-state index in [0.29, 0.717) is 18.2 Å². The molecule has 0 aliphatic carbocycles. The molecular weight excluding hydrogens is 308 g/mol. The fourth-order valence-corrected chi connectivity index (χ4v) is 1.69. The van der Waals surface area contributed by atoms with E-state index in [1.807, 2.05) is 13.8 Å². The third kappa shape index (κ3) is 5.54. The quantitative estimate of drug-likeness (QED) is 0.574. The molecule has 0 saturated heterocycles. The zero-order valence-corrected chi connectivity index (χ0v) is 13.4. The van der Waals surface area contributed by atoms with Crippen molar-refractivity contribution in [3.05, 3.63) is 48.3 Å².